The highest BCUT2D eigenvalue weighted by Crippen LogP contribution is 2.30. The molecule has 27 heavy (non-hydrogen) atoms. The lowest BCUT2D eigenvalue weighted by molar-refractivity contribution is -0.137. The van der Waals surface area contributed by atoms with Gasteiger partial charge in [0, 0.05) is 12.6 Å². The third-order valence-corrected chi connectivity index (χ3v) is 6.10. The summed E-state index contributed by atoms with van der Waals surface area (Å²) < 4.78 is 70.4. The number of halogens is 3. The number of nitrogens with zero attached hydrogens (tertiary/aromatic N) is 3. The molecule has 1 aliphatic heterocycles. The molecule has 146 valence electrons. The molecule has 1 aliphatic rings. The smallest absolute Gasteiger partial charge is 0.416 e. The molecule has 0 amide bonds. The molecule has 0 N–H and O–H groups in total. The second kappa shape index (κ2) is 7.43. The number of hydrogen-bond donors (Lipinski definition) is 0. The molecule has 0 radical (unpaired) electrons. The van der Waals surface area contributed by atoms with Gasteiger partial charge in [-0.15, -0.1) is 5.10 Å². The molecular weight excluding hydrogens is 383 g/mol. The van der Waals surface area contributed by atoms with Crippen molar-refractivity contribution in [2.24, 2.45) is 0 Å². The van der Waals surface area contributed by atoms with Crippen molar-refractivity contribution in [1.29, 1.82) is 0 Å². The standard InChI is InChI=1S/C17H18F3N3O3S/c1-12-4-9-16(22-21-12)26-14-3-2-10-23(11-14)27(24,25)15-7-5-13(6-8-15)17(18,19)20/h4-9,14H,2-3,10-11H2,1H3. The zero-order chi connectivity index (χ0) is 19.7. The molecule has 1 saturated heterocycles. The van der Waals surface area contributed by atoms with Crippen LogP contribution in [0.15, 0.2) is 41.3 Å². The molecule has 1 aromatic heterocycles. The molecule has 1 fully saturated rings. The van der Waals surface area contributed by atoms with Gasteiger partial charge in [0.15, 0.2) is 0 Å². The lowest BCUT2D eigenvalue weighted by Gasteiger charge is -2.31. The van der Waals surface area contributed by atoms with Crippen LogP contribution < -0.4 is 4.74 Å². The molecule has 1 unspecified atom stereocenters. The zero-order valence-electron chi connectivity index (χ0n) is 14.5. The summed E-state index contributed by atoms with van der Waals surface area (Å²) in [7, 11) is -3.91. The van der Waals surface area contributed by atoms with Crippen molar-refractivity contribution in [2.45, 2.75) is 36.9 Å². The van der Waals surface area contributed by atoms with E-state index in [2.05, 4.69) is 10.2 Å². The first-order valence-electron chi connectivity index (χ1n) is 8.31. The number of hydrogen-bond acceptors (Lipinski definition) is 5. The predicted molar refractivity (Wildman–Crippen MR) is 90.6 cm³/mol. The molecule has 2 aromatic rings. The molecule has 2 heterocycles. The summed E-state index contributed by atoms with van der Waals surface area (Å²) in [5.74, 6) is 0.305. The van der Waals surface area contributed by atoms with Crippen molar-refractivity contribution in [2.75, 3.05) is 13.1 Å². The number of aromatic nitrogens is 2. The van der Waals surface area contributed by atoms with Crippen LogP contribution in [0, 0.1) is 6.92 Å². The van der Waals surface area contributed by atoms with Gasteiger partial charge < -0.3 is 4.74 Å². The monoisotopic (exact) mass is 401 g/mol. The van der Waals surface area contributed by atoms with Gasteiger partial charge in [0.25, 0.3) is 0 Å². The Hall–Kier alpha value is -2.20. The third-order valence-electron chi connectivity index (χ3n) is 4.22. The predicted octanol–water partition coefficient (Wildman–Crippen LogP) is 3.04. The Bertz CT molecular complexity index is 884. The molecule has 1 atom stereocenters. The van der Waals surface area contributed by atoms with Crippen LogP contribution in [0.25, 0.3) is 0 Å². The number of piperidine rings is 1. The molecule has 0 bridgehead atoms. The Morgan fingerprint density at radius 3 is 2.41 bits per heavy atom. The lowest BCUT2D eigenvalue weighted by Crippen LogP contribution is -2.44. The van der Waals surface area contributed by atoms with E-state index in [0.717, 1.165) is 30.0 Å². The van der Waals surface area contributed by atoms with Gasteiger partial charge in [-0.2, -0.15) is 22.6 Å². The normalized spacial score (nSPS) is 19.0. The largest absolute Gasteiger partial charge is 0.472 e. The Balaban J connectivity index is 1.73. The summed E-state index contributed by atoms with van der Waals surface area (Å²) in [6.07, 6.45) is -3.69. The minimum atomic E-state index is -4.51. The lowest BCUT2D eigenvalue weighted by atomic mass is 10.1. The number of rotatable bonds is 4. The molecule has 0 spiro atoms. The maximum atomic E-state index is 12.8. The van der Waals surface area contributed by atoms with E-state index in [4.69, 9.17) is 4.74 Å². The quantitative estimate of drug-likeness (QED) is 0.788. The van der Waals surface area contributed by atoms with Crippen LogP contribution in [0.1, 0.15) is 24.1 Å². The van der Waals surface area contributed by atoms with Crippen LogP contribution in [0.2, 0.25) is 0 Å². The summed E-state index contributed by atoms with van der Waals surface area (Å²) in [6.45, 7) is 2.16. The number of alkyl halides is 3. The minimum Gasteiger partial charge on any atom is -0.472 e. The Kier molecular flexibility index (Phi) is 5.38. The summed E-state index contributed by atoms with van der Waals surface area (Å²) in [4.78, 5) is -0.175. The molecule has 10 heteroatoms. The highest BCUT2D eigenvalue weighted by molar-refractivity contribution is 7.89. The second-order valence-electron chi connectivity index (χ2n) is 6.28. The van der Waals surface area contributed by atoms with Crippen LogP contribution >= 0.6 is 0 Å². The van der Waals surface area contributed by atoms with Gasteiger partial charge in [-0.1, -0.05) is 0 Å². The van der Waals surface area contributed by atoms with Crippen molar-refractivity contribution >= 4 is 10.0 Å². The van der Waals surface area contributed by atoms with E-state index in [0.29, 0.717) is 18.7 Å². The van der Waals surface area contributed by atoms with Crippen LogP contribution in [0.3, 0.4) is 0 Å². The van der Waals surface area contributed by atoms with Crippen molar-refractivity contribution in [3.05, 3.63) is 47.7 Å². The first-order valence-corrected chi connectivity index (χ1v) is 9.75. The zero-order valence-corrected chi connectivity index (χ0v) is 15.3. The number of benzene rings is 1. The van der Waals surface area contributed by atoms with E-state index < -0.39 is 27.9 Å². The summed E-state index contributed by atoms with van der Waals surface area (Å²) >= 11 is 0. The van der Waals surface area contributed by atoms with Crippen LogP contribution in [-0.4, -0.2) is 42.1 Å². The maximum absolute atomic E-state index is 12.8. The van der Waals surface area contributed by atoms with E-state index in [1.807, 2.05) is 0 Å². The Morgan fingerprint density at radius 1 is 1.11 bits per heavy atom. The fraction of sp³-hybridized carbons (Fsp3) is 0.412. The van der Waals surface area contributed by atoms with Crippen LogP contribution in [0.4, 0.5) is 13.2 Å². The maximum Gasteiger partial charge on any atom is 0.416 e. The fourth-order valence-electron chi connectivity index (χ4n) is 2.80. The highest BCUT2D eigenvalue weighted by atomic mass is 32.2. The fourth-order valence-corrected chi connectivity index (χ4v) is 4.31. The minimum absolute atomic E-state index is 0.0961. The van der Waals surface area contributed by atoms with Gasteiger partial charge in [0.1, 0.15) is 6.10 Å². The van der Waals surface area contributed by atoms with Gasteiger partial charge in [0.05, 0.1) is 22.7 Å². The Morgan fingerprint density at radius 2 is 1.81 bits per heavy atom. The van der Waals surface area contributed by atoms with Crippen molar-refractivity contribution < 1.29 is 26.3 Å². The van der Waals surface area contributed by atoms with Gasteiger partial charge in [0.2, 0.25) is 15.9 Å². The van der Waals surface area contributed by atoms with Crippen molar-refractivity contribution in [3.8, 4) is 5.88 Å². The summed E-state index contributed by atoms with van der Waals surface area (Å²) in [5, 5.41) is 7.79. The summed E-state index contributed by atoms with van der Waals surface area (Å²) in [6, 6.07) is 6.90. The van der Waals surface area contributed by atoms with Crippen molar-refractivity contribution in [1.82, 2.24) is 14.5 Å². The van der Waals surface area contributed by atoms with E-state index in [9.17, 15) is 21.6 Å². The topological polar surface area (TPSA) is 72.4 Å². The van der Waals surface area contributed by atoms with E-state index in [1.165, 1.54) is 4.31 Å². The second-order valence-corrected chi connectivity index (χ2v) is 8.22. The first-order chi connectivity index (χ1) is 12.7. The van der Waals surface area contributed by atoms with Crippen LogP contribution in [-0.2, 0) is 16.2 Å². The van der Waals surface area contributed by atoms with Gasteiger partial charge in [-0.05, 0) is 50.1 Å². The molecule has 1 aromatic carbocycles. The van der Waals surface area contributed by atoms with E-state index in [1.54, 1.807) is 19.1 Å². The Labute approximate surface area is 155 Å². The van der Waals surface area contributed by atoms with Crippen LogP contribution in [0.5, 0.6) is 5.88 Å². The average molecular weight is 401 g/mol. The molecule has 0 saturated carbocycles. The van der Waals surface area contributed by atoms with Gasteiger partial charge in [-0.25, -0.2) is 8.42 Å². The number of aryl methyl sites for hydroxylation is 1. The van der Waals surface area contributed by atoms with Crippen molar-refractivity contribution in [3.63, 3.8) is 0 Å². The number of sulfonamides is 1. The highest BCUT2D eigenvalue weighted by Gasteiger charge is 2.33. The molecular formula is C17H18F3N3O3S. The molecule has 3 rings (SSSR count). The third kappa shape index (κ3) is 4.56. The van der Waals surface area contributed by atoms with E-state index >= 15 is 0 Å². The van der Waals surface area contributed by atoms with E-state index in [-0.39, 0.29) is 18.0 Å². The molecule has 6 nitrogen and oxygen atoms in total. The first kappa shape index (κ1) is 19.6. The average Bonchev–Trinajstić information content (AvgIpc) is 2.63. The van der Waals surface area contributed by atoms with Gasteiger partial charge in [-0.3, -0.25) is 0 Å². The molecule has 0 aliphatic carbocycles. The SMILES string of the molecule is Cc1ccc(OC2CCCN(S(=O)(=O)c3ccc(C(F)(F)F)cc3)C2)nn1. The van der Waals surface area contributed by atoms with Gasteiger partial charge >= 0.3 is 6.18 Å². The number of ether oxygens (including phenoxy) is 1. The summed E-state index contributed by atoms with van der Waals surface area (Å²) in [5.41, 5.74) is -0.156.